The van der Waals surface area contributed by atoms with Crippen LogP contribution in [0.4, 0.5) is 5.13 Å². The van der Waals surface area contributed by atoms with Gasteiger partial charge in [-0.05, 0) is 31.5 Å². The molecule has 0 aliphatic rings. The van der Waals surface area contributed by atoms with Gasteiger partial charge in [-0.25, -0.2) is 8.42 Å². The van der Waals surface area contributed by atoms with E-state index in [2.05, 4.69) is 14.9 Å². The molecule has 2 N–H and O–H groups in total. The van der Waals surface area contributed by atoms with E-state index in [0.29, 0.717) is 10.6 Å². The molecular formula is C12H12ClN3O4S2. The number of hydrogen-bond donors (Lipinski definition) is 2. The lowest BCUT2D eigenvalue weighted by molar-refractivity contribution is -0.138. The number of carboxylic acids is 1. The fourth-order valence-corrected chi connectivity index (χ4v) is 4.12. The normalized spacial score (nSPS) is 12.9. The summed E-state index contributed by atoms with van der Waals surface area (Å²) in [6.45, 7) is 3.04. The van der Waals surface area contributed by atoms with Gasteiger partial charge in [0, 0.05) is 5.02 Å². The summed E-state index contributed by atoms with van der Waals surface area (Å²) in [4.78, 5) is 10.9. The van der Waals surface area contributed by atoms with Crippen LogP contribution in [0.5, 0.6) is 0 Å². The Kier molecular flexibility index (Phi) is 4.69. The van der Waals surface area contributed by atoms with Gasteiger partial charge < -0.3 is 5.11 Å². The van der Waals surface area contributed by atoms with Crippen molar-refractivity contribution >= 4 is 44.1 Å². The molecule has 1 atom stereocenters. The minimum Gasteiger partial charge on any atom is -0.481 e. The summed E-state index contributed by atoms with van der Waals surface area (Å²) in [5, 5.41) is 16.8. The third kappa shape index (κ3) is 3.37. The first kappa shape index (κ1) is 16.7. The van der Waals surface area contributed by atoms with E-state index in [0.717, 1.165) is 11.3 Å². The molecular weight excluding hydrogens is 350 g/mol. The Balaban J connectivity index is 2.30. The zero-order valence-corrected chi connectivity index (χ0v) is 14.0. The minimum absolute atomic E-state index is 0.00229. The van der Waals surface area contributed by atoms with E-state index in [4.69, 9.17) is 16.7 Å². The summed E-state index contributed by atoms with van der Waals surface area (Å²) in [6, 6.07) is 4.54. The molecule has 1 aromatic heterocycles. The lowest BCUT2D eigenvalue weighted by Gasteiger charge is -2.08. The molecule has 7 nitrogen and oxygen atoms in total. The van der Waals surface area contributed by atoms with E-state index >= 15 is 0 Å². The highest BCUT2D eigenvalue weighted by atomic mass is 35.5. The summed E-state index contributed by atoms with van der Waals surface area (Å²) in [7, 11) is -3.87. The van der Waals surface area contributed by atoms with Crippen LogP contribution in [0.2, 0.25) is 5.02 Å². The molecule has 0 amide bonds. The maximum atomic E-state index is 12.3. The Morgan fingerprint density at radius 2 is 2.09 bits per heavy atom. The van der Waals surface area contributed by atoms with Crippen molar-refractivity contribution in [2.75, 3.05) is 4.72 Å². The number of aromatic nitrogens is 2. The monoisotopic (exact) mass is 361 g/mol. The summed E-state index contributed by atoms with van der Waals surface area (Å²) in [5.41, 5.74) is 0.417. The number of halogens is 1. The number of rotatable bonds is 5. The number of carboxylic acid groups (broad SMARTS) is 1. The molecule has 0 saturated carbocycles. The molecule has 0 aliphatic heterocycles. The third-order valence-electron chi connectivity index (χ3n) is 2.91. The zero-order valence-electron chi connectivity index (χ0n) is 11.6. The predicted octanol–water partition coefficient (Wildman–Crippen LogP) is 2.49. The Morgan fingerprint density at radius 1 is 1.41 bits per heavy atom. The largest absolute Gasteiger partial charge is 0.481 e. The van der Waals surface area contributed by atoms with Crippen molar-refractivity contribution in [1.82, 2.24) is 10.2 Å². The Hall–Kier alpha value is -1.71. The van der Waals surface area contributed by atoms with Crippen LogP contribution in [0, 0.1) is 6.92 Å². The molecule has 10 heteroatoms. The first-order valence-electron chi connectivity index (χ1n) is 6.06. The maximum Gasteiger partial charge on any atom is 0.313 e. The molecule has 1 aromatic carbocycles. The topological polar surface area (TPSA) is 109 Å². The number of nitrogens with one attached hydrogen (secondary N) is 1. The van der Waals surface area contributed by atoms with Crippen LogP contribution in [0.25, 0.3) is 0 Å². The van der Waals surface area contributed by atoms with Gasteiger partial charge in [0.1, 0.15) is 10.9 Å². The summed E-state index contributed by atoms with van der Waals surface area (Å²) < 4.78 is 27.0. The molecule has 0 aliphatic carbocycles. The van der Waals surface area contributed by atoms with Gasteiger partial charge in [-0.3, -0.25) is 9.52 Å². The predicted molar refractivity (Wildman–Crippen MR) is 83.0 cm³/mol. The third-order valence-corrected chi connectivity index (χ3v) is 5.95. The van der Waals surface area contributed by atoms with Crippen LogP contribution in [0.15, 0.2) is 23.1 Å². The number of benzene rings is 1. The summed E-state index contributed by atoms with van der Waals surface area (Å²) in [6.07, 6.45) is 0. The number of hydrogen-bond acceptors (Lipinski definition) is 6. The maximum absolute atomic E-state index is 12.3. The molecule has 22 heavy (non-hydrogen) atoms. The molecule has 118 valence electrons. The quantitative estimate of drug-likeness (QED) is 0.846. The second-order valence-corrected chi connectivity index (χ2v) is 7.54. The van der Waals surface area contributed by atoms with Crippen LogP contribution in [-0.2, 0) is 14.8 Å². The smallest absolute Gasteiger partial charge is 0.313 e. The van der Waals surface area contributed by atoms with Crippen LogP contribution >= 0.6 is 22.9 Å². The van der Waals surface area contributed by atoms with Gasteiger partial charge in [-0.15, -0.1) is 10.2 Å². The van der Waals surface area contributed by atoms with Gasteiger partial charge in [-0.1, -0.05) is 29.0 Å². The van der Waals surface area contributed by atoms with Gasteiger partial charge in [0.25, 0.3) is 10.0 Å². The fourth-order valence-electron chi connectivity index (χ4n) is 1.61. The molecule has 1 heterocycles. The van der Waals surface area contributed by atoms with Crippen LogP contribution < -0.4 is 4.72 Å². The number of nitrogens with zero attached hydrogens (tertiary/aromatic N) is 2. The fraction of sp³-hybridized carbons (Fsp3) is 0.250. The molecule has 0 fully saturated rings. The Labute approximate surface area is 136 Å². The van der Waals surface area contributed by atoms with Gasteiger partial charge in [0.15, 0.2) is 0 Å². The van der Waals surface area contributed by atoms with Gasteiger partial charge in [0.2, 0.25) is 5.13 Å². The van der Waals surface area contributed by atoms with Crippen molar-refractivity contribution in [2.24, 2.45) is 0 Å². The number of aliphatic carboxylic acids is 1. The molecule has 0 saturated heterocycles. The van der Waals surface area contributed by atoms with E-state index in [1.807, 2.05) is 0 Å². The van der Waals surface area contributed by atoms with Crippen LogP contribution in [-0.4, -0.2) is 29.7 Å². The highest BCUT2D eigenvalue weighted by Crippen LogP contribution is 2.27. The Morgan fingerprint density at radius 3 is 2.73 bits per heavy atom. The lowest BCUT2D eigenvalue weighted by atomic mass is 10.2. The average Bonchev–Trinajstić information content (AvgIpc) is 2.88. The zero-order chi connectivity index (χ0) is 16.5. The van der Waals surface area contributed by atoms with Crippen molar-refractivity contribution in [3.05, 3.63) is 33.8 Å². The van der Waals surface area contributed by atoms with Crippen molar-refractivity contribution in [3.63, 3.8) is 0 Å². The lowest BCUT2D eigenvalue weighted by Crippen LogP contribution is -2.14. The van der Waals surface area contributed by atoms with E-state index in [-0.39, 0.29) is 15.0 Å². The molecule has 1 unspecified atom stereocenters. The van der Waals surface area contributed by atoms with Crippen molar-refractivity contribution in [2.45, 2.75) is 24.7 Å². The SMILES string of the molecule is Cc1c(Cl)cccc1S(=O)(=O)Nc1nnc(C(C)C(=O)O)s1. The number of carbonyl (C=O) groups is 1. The summed E-state index contributed by atoms with van der Waals surface area (Å²) >= 11 is 6.80. The average molecular weight is 362 g/mol. The molecule has 0 radical (unpaired) electrons. The summed E-state index contributed by atoms with van der Waals surface area (Å²) in [5.74, 6) is -1.92. The van der Waals surface area contributed by atoms with Crippen molar-refractivity contribution < 1.29 is 18.3 Å². The van der Waals surface area contributed by atoms with Crippen LogP contribution in [0.3, 0.4) is 0 Å². The van der Waals surface area contributed by atoms with Gasteiger partial charge >= 0.3 is 5.97 Å². The molecule has 2 rings (SSSR count). The Bertz CT molecular complexity index is 820. The molecule has 2 aromatic rings. The van der Waals surface area contributed by atoms with E-state index in [9.17, 15) is 13.2 Å². The minimum atomic E-state index is -3.87. The van der Waals surface area contributed by atoms with Crippen molar-refractivity contribution in [3.8, 4) is 0 Å². The second-order valence-electron chi connectivity index (χ2n) is 4.47. The first-order chi connectivity index (χ1) is 10.2. The number of anilines is 1. The van der Waals surface area contributed by atoms with E-state index < -0.39 is 21.9 Å². The van der Waals surface area contributed by atoms with E-state index in [1.165, 1.54) is 19.1 Å². The van der Waals surface area contributed by atoms with Gasteiger partial charge in [-0.2, -0.15) is 0 Å². The first-order valence-corrected chi connectivity index (χ1v) is 8.74. The van der Waals surface area contributed by atoms with Gasteiger partial charge in [0.05, 0.1) is 4.90 Å². The second kappa shape index (κ2) is 6.19. The highest BCUT2D eigenvalue weighted by molar-refractivity contribution is 7.93. The molecule has 0 spiro atoms. The standard InChI is InChI=1S/C12H12ClN3O4S2/c1-6-8(13)4-3-5-9(6)22(19,20)16-12-15-14-10(21-12)7(2)11(17)18/h3-5,7H,1-2H3,(H,15,16)(H,17,18). The van der Waals surface area contributed by atoms with E-state index in [1.54, 1.807) is 13.0 Å². The number of sulfonamides is 1. The van der Waals surface area contributed by atoms with Crippen molar-refractivity contribution in [1.29, 1.82) is 0 Å². The van der Waals surface area contributed by atoms with Crippen LogP contribution in [0.1, 0.15) is 23.4 Å². The molecule has 0 bridgehead atoms. The highest BCUT2D eigenvalue weighted by Gasteiger charge is 2.23.